The summed E-state index contributed by atoms with van der Waals surface area (Å²) in [7, 11) is -0.238. The van der Waals surface area contributed by atoms with Gasteiger partial charge in [-0.05, 0) is 62.8 Å². The van der Waals surface area contributed by atoms with Gasteiger partial charge in [-0.2, -0.15) is 0 Å². The first-order valence-corrected chi connectivity index (χ1v) is 9.67. The summed E-state index contributed by atoms with van der Waals surface area (Å²) in [6.45, 7) is 2.74. The van der Waals surface area contributed by atoms with E-state index < -0.39 is 26.4 Å². The number of benzene rings is 2. The highest BCUT2D eigenvalue weighted by Gasteiger charge is 2.22. The number of aryl methyl sites for hydroxylation is 1. The van der Waals surface area contributed by atoms with E-state index >= 15 is 0 Å². The van der Waals surface area contributed by atoms with Crippen LogP contribution in [0.25, 0.3) is 10.9 Å². The minimum Gasteiger partial charge on any atom is -0.348 e. The molecule has 1 N–H and O–H groups in total. The fourth-order valence-electron chi connectivity index (χ4n) is 3.18. The average molecular weight is 378 g/mol. The van der Waals surface area contributed by atoms with Crippen LogP contribution in [0.5, 0.6) is 0 Å². The van der Waals surface area contributed by atoms with Crippen LogP contribution in [0.3, 0.4) is 0 Å². The first kappa shape index (κ1) is 18.5. The van der Waals surface area contributed by atoms with Gasteiger partial charge in [-0.15, -0.1) is 0 Å². The van der Waals surface area contributed by atoms with E-state index in [1.54, 1.807) is 12.1 Å². The third-order valence-electron chi connectivity index (χ3n) is 4.68. The highest BCUT2D eigenvalue weighted by molar-refractivity contribution is 7.91. The van der Waals surface area contributed by atoms with E-state index in [0.29, 0.717) is 6.07 Å². The zero-order valence-corrected chi connectivity index (χ0v) is 15.6. The van der Waals surface area contributed by atoms with Crippen LogP contribution >= 0.6 is 0 Å². The lowest BCUT2D eigenvalue weighted by Crippen LogP contribution is -2.11. The van der Waals surface area contributed by atoms with Crippen LogP contribution < -0.4 is 5.32 Å². The Morgan fingerprint density at radius 2 is 1.69 bits per heavy atom. The van der Waals surface area contributed by atoms with Gasteiger partial charge in [-0.25, -0.2) is 17.2 Å². The quantitative estimate of drug-likeness (QED) is 0.741. The summed E-state index contributed by atoms with van der Waals surface area (Å²) >= 11 is 0. The van der Waals surface area contributed by atoms with Crippen molar-refractivity contribution in [3.63, 3.8) is 0 Å². The van der Waals surface area contributed by atoms with Gasteiger partial charge in [0.2, 0.25) is 9.84 Å². The molecule has 0 unspecified atom stereocenters. The predicted octanol–water partition coefficient (Wildman–Crippen LogP) is 3.36. The molecule has 4 nitrogen and oxygen atoms in total. The molecule has 2 aromatic carbocycles. The molecule has 7 heteroatoms. The van der Waals surface area contributed by atoms with Crippen molar-refractivity contribution in [2.24, 2.45) is 7.05 Å². The maximum Gasteiger partial charge on any atom is 0.206 e. The zero-order chi connectivity index (χ0) is 19.1. The molecule has 0 aliphatic heterocycles. The van der Waals surface area contributed by atoms with Crippen LogP contribution in [-0.4, -0.2) is 26.6 Å². The van der Waals surface area contributed by atoms with E-state index in [2.05, 4.69) is 5.32 Å². The van der Waals surface area contributed by atoms with Crippen LogP contribution in [-0.2, 0) is 23.3 Å². The largest absolute Gasteiger partial charge is 0.348 e. The monoisotopic (exact) mass is 378 g/mol. The van der Waals surface area contributed by atoms with Crippen molar-refractivity contribution in [1.29, 1.82) is 0 Å². The van der Waals surface area contributed by atoms with E-state index in [1.165, 1.54) is 6.07 Å². The summed E-state index contributed by atoms with van der Waals surface area (Å²) in [6.07, 6.45) is 0.748. The van der Waals surface area contributed by atoms with Gasteiger partial charge < -0.3 is 9.88 Å². The van der Waals surface area contributed by atoms with E-state index in [9.17, 15) is 17.2 Å². The number of hydrogen-bond donors (Lipinski definition) is 1. The lowest BCUT2D eigenvalue weighted by Gasteiger charge is -2.07. The van der Waals surface area contributed by atoms with Crippen molar-refractivity contribution in [2.75, 3.05) is 13.6 Å². The number of fused-ring (bicyclic) bond motifs is 1. The Hall–Kier alpha value is -2.25. The molecule has 0 aliphatic rings. The number of hydrogen-bond acceptors (Lipinski definition) is 3. The summed E-state index contributed by atoms with van der Waals surface area (Å²) in [6, 6.07) is 7.11. The Morgan fingerprint density at radius 3 is 2.31 bits per heavy atom. The van der Waals surface area contributed by atoms with Gasteiger partial charge in [0.05, 0.1) is 9.79 Å². The van der Waals surface area contributed by atoms with Gasteiger partial charge >= 0.3 is 0 Å². The smallest absolute Gasteiger partial charge is 0.206 e. The number of sulfone groups is 1. The van der Waals surface area contributed by atoms with Crippen molar-refractivity contribution >= 4 is 20.7 Å². The summed E-state index contributed by atoms with van der Waals surface area (Å²) in [5, 5.41) is 3.92. The molecule has 0 spiro atoms. The second kappa shape index (κ2) is 6.81. The van der Waals surface area contributed by atoms with Crippen molar-refractivity contribution in [2.45, 2.75) is 23.1 Å². The SMILES string of the molecule is CNCCc1c(C)n(C)c2ccc(S(=O)(=O)c3cc(F)cc([19F])c3)cc12. The van der Waals surface area contributed by atoms with Crippen molar-refractivity contribution in [1.82, 2.24) is 9.88 Å². The maximum atomic E-state index is 13.5. The molecule has 3 rings (SSSR count). The molecular formula is C19H20F2N2O2S. The molecule has 3 aromatic rings. The normalized spacial score (nSPS) is 12.0. The van der Waals surface area contributed by atoms with Crippen LogP contribution in [0.2, 0.25) is 0 Å². The van der Waals surface area contributed by atoms with Gasteiger partial charge in [-0.1, -0.05) is 0 Å². The molecule has 0 radical (unpaired) electrons. The third kappa shape index (κ3) is 3.12. The van der Waals surface area contributed by atoms with Gasteiger partial charge in [-0.3, -0.25) is 0 Å². The molecule has 0 aliphatic carbocycles. The molecule has 0 amide bonds. The van der Waals surface area contributed by atoms with E-state index in [4.69, 9.17) is 0 Å². The Morgan fingerprint density at radius 1 is 1.04 bits per heavy atom. The predicted molar refractivity (Wildman–Crippen MR) is 97.1 cm³/mol. The topological polar surface area (TPSA) is 51.1 Å². The van der Waals surface area contributed by atoms with Gasteiger partial charge in [0.25, 0.3) is 0 Å². The molecule has 0 atom stereocenters. The van der Waals surface area contributed by atoms with Gasteiger partial charge in [0, 0.05) is 29.7 Å². The van der Waals surface area contributed by atoms with Crippen LogP contribution in [0.1, 0.15) is 11.3 Å². The molecule has 0 fully saturated rings. The van der Waals surface area contributed by atoms with Crippen LogP contribution in [0.4, 0.5) is 8.78 Å². The highest BCUT2D eigenvalue weighted by atomic mass is 32.2. The minimum absolute atomic E-state index is 0.0197. The summed E-state index contributed by atoms with van der Waals surface area (Å²) in [5.41, 5.74) is 3.03. The summed E-state index contributed by atoms with van der Waals surface area (Å²) in [5.74, 6) is -1.84. The maximum absolute atomic E-state index is 13.5. The van der Waals surface area contributed by atoms with Crippen molar-refractivity contribution in [3.8, 4) is 0 Å². The Bertz CT molecular complexity index is 1070. The second-order valence-corrected chi connectivity index (χ2v) is 8.21. The number of aromatic nitrogens is 1. The number of likely N-dealkylation sites (N-methyl/N-ethyl adjacent to an activating group) is 1. The molecular weight excluding hydrogens is 358 g/mol. The summed E-state index contributed by atoms with van der Waals surface area (Å²) in [4.78, 5) is -0.370. The lowest BCUT2D eigenvalue weighted by atomic mass is 10.1. The molecule has 138 valence electrons. The number of rotatable bonds is 5. The molecule has 0 saturated heterocycles. The molecule has 1 heterocycles. The third-order valence-corrected chi connectivity index (χ3v) is 6.41. The number of nitrogens with zero attached hydrogens (tertiary/aromatic N) is 1. The summed E-state index contributed by atoms with van der Waals surface area (Å²) < 4.78 is 54.6. The van der Waals surface area contributed by atoms with Crippen LogP contribution in [0, 0.1) is 18.6 Å². The van der Waals surface area contributed by atoms with Crippen LogP contribution in [0.15, 0.2) is 46.2 Å². The van der Waals surface area contributed by atoms with E-state index in [0.717, 1.165) is 47.3 Å². The van der Waals surface area contributed by atoms with E-state index in [1.807, 2.05) is 25.6 Å². The average Bonchev–Trinajstić information content (AvgIpc) is 2.83. The van der Waals surface area contributed by atoms with Crippen molar-refractivity contribution in [3.05, 3.63) is 59.3 Å². The molecule has 1 aromatic heterocycles. The molecule has 0 saturated carbocycles. The second-order valence-electron chi connectivity index (χ2n) is 6.26. The lowest BCUT2D eigenvalue weighted by molar-refractivity contribution is 0.567. The van der Waals surface area contributed by atoms with E-state index in [-0.39, 0.29) is 4.90 Å². The molecule has 0 bridgehead atoms. The van der Waals surface area contributed by atoms with Gasteiger partial charge in [0.1, 0.15) is 11.6 Å². The Balaban J connectivity index is 2.19. The van der Waals surface area contributed by atoms with Gasteiger partial charge in [0.15, 0.2) is 0 Å². The first-order valence-electron chi connectivity index (χ1n) is 8.19. The fourth-order valence-corrected chi connectivity index (χ4v) is 4.51. The zero-order valence-electron chi connectivity index (χ0n) is 14.8. The highest BCUT2D eigenvalue weighted by Crippen LogP contribution is 2.30. The molecule has 26 heavy (non-hydrogen) atoms. The Kier molecular flexibility index (Phi) is 4.86. The minimum atomic E-state index is -4.02. The number of nitrogens with one attached hydrogen (secondary N) is 1. The number of halogens is 2. The van der Waals surface area contributed by atoms with Crippen molar-refractivity contribution < 1.29 is 17.2 Å². The Labute approximate surface area is 151 Å². The fraction of sp³-hybridized carbons (Fsp3) is 0.263. The first-order chi connectivity index (χ1) is 12.3. The standard InChI is InChI=1S/C19H20F2N2O2S/c1-12-17(6-7-22-2)18-11-15(4-5-19(18)23(12)3)26(24,25)16-9-13(20)8-14(21)10-16/h4-5,8-11,22H,6-7H2,1-3H3/i20+0.